The van der Waals surface area contributed by atoms with E-state index in [4.69, 9.17) is 0 Å². The zero-order valence-corrected chi connectivity index (χ0v) is 21.6. The SMILES string of the molecule is CCN1c2cc(C)c(/C=C3/SC(=O)N(Cc4ccc(Br)cc4)C3=O)cc2C(C)CC1(C)C. The molecule has 0 spiro atoms. The molecule has 0 radical (unpaired) electrons. The Bertz CT molecular complexity index is 1110. The van der Waals surface area contributed by atoms with Crippen molar-refractivity contribution in [3.05, 3.63) is 68.0 Å². The van der Waals surface area contributed by atoms with Crippen LogP contribution in [0.25, 0.3) is 6.08 Å². The number of nitrogens with zero attached hydrogens (tertiary/aromatic N) is 2. The second kappa shape index (κ2) is 8.71. The van der Waals surface area contributed by atoms with Crippen LogP contribution in [-0.4, -0.2) is 28.1 Å². The van der Waals surface area contributed by atoms with Gasteiger partial charge in [0.15, 0.2) is 0 Å². The molecule has 1 atom stereocenters. The standard InChI is InChI=1S/C26H29BrN2O2S/c1-6-29-22-11-16(2)19(12-21(22)17(3)14-26(29,4)5)13-23-24(30)28(25(31)32-23)15-18-7-9-20(27)10-8-18/h7-13,17H,6,14-15H2,1-5H3/b23-13+. The third kappa shape index (κ3) is 4.27. The number of hydrogen-bond acceptors (Lipinski definition) is 4. The number of thioether (sulfide) groups is 1. The number of halogens is 1. The number of aryl methyl sites for hydroxylation is 1. The van der Waals surface area contributed by atoms with Crippen molar-refractivity contribution >= 4 is 50.6 Å². The van der Waals surface area contributed by atoms with E-state index in [9.17, 15) is 9.59 Å². The molecule has 2 heterocycles. The van der Waals surface area contributed by atoms with Crippen molar-refractivity contribution in [2.24, 2.45) is 0 Å². The van der Waals surface area contributed by atoms with Gasteiger partial charge in [-0.3, -0.25) is 14.5 Å². The molecule has 0 bridgehead atoms. The maximum atomic E-state index is 13.0. The van der Waals surface area contributed by atoms with Crippen LogP contribution in [0, 0.1) is 6.92 Å². The van der Waals surface area contributed by atoms with Gasteiger partial charge in [-0.2, -0.15) is 0 Å². The highest BCUT2D eigenvalue weighted by Crippen LogP contribution is 2.45. The summed E-state index contributed by atoms with van der Waals surface area (Å²) in [5.74, 6) is 0.215. The Morgan fingerprint density at radius 3 is 2.53 bits per heavy atom. The molecule has 2 aromatic carbocycles. The first-order chi connectivity index (χ1) is 15.1. The van der Waals surface area contributed by atoms with E-state index >= 15 is 0 Å². The van der Waals surface area contributed by atoms with Crippen LogP contribution in [0.2, 0.25) is 0 Å². The van der Waals surface area contributed by atoms with Gasteiger partial charge < -0.3 is 4.90 Å². The minimum atomic E-state index is -0.218. The Morgan fingerprint density at radius 2 is 1.88 bits per heavy atom. The van der Waals surface area contributed by atoms with Crippen LogP contribution in [0.1, 0.15) is 62.3 Å². The zero-order valence-electron chi connectivity index (χ0n) is 19.2. The molecule has 0 saturated carbocycles. The largest absolute Gasteiger partial charge is 0.366 e. The van der Waals surface area contributed by atoms with E-state index in [1.54, 1.807) is 0 Å². The predicted octanol–water partition coefficient (Wildman–Crippen LogP) is 7.11. The summed E-state index contributed by atoms with van der Waals surface area (Å²) < 4.78 is 0.970. The van der Waals surface area contributed by atoms with Gasteiger partial charge in [-0.05, 0) is 104 Å². The van der Waals surface area contributed by atoms with E-state index in [0.717, 1.165) is 45.9 Å². The van der Waals surface area contributed by atoms with Gasteiger partial charge in [0.2, 0.25) is 0 Å². The normalized spacial score (nSPS) is 21.4. The van der Waals surface area contributed by atoms with Crippen molar-refractivity contribution < 1.29 is 9.59 Å². The van der Waals surface area contributed by atoms with Crippen LogP contribution in [0.3, 0.4) is 0 Å². The molecule has 0 aliphatic carbocycles. The maximum Gasteiger partial charge on any atom is 0.293 e. The highest BCUT2D eigenvalue weighted by Gasteiger charge is 2.37. The summed E-state index contributed by atoms with van der Waals surface area (Å²) in [7, 11) is 0. The van der Waals surface area contributed by atoms with E-state index in [1.807, 2.05) is 30.3 Å². The van der Waals surface area contributed by atoms with Crippen molar-refractivity contribution in [1.29, 1.82) is 0 Å². The molecule has 0 N–H and O–H groups in total. The van der Waals surface area contributed by atoms with Crippen molar-refractivity contribution in [1.82, 2.24) is 4.90 Å². The van der Waals surface area contributed by atoms with Crippen LogP contribution >= 0.6 is 27.7 Å². The van der Waals surface area contributed by atoms with E-state index < -0.39 is 0 Å². The number of hydrogen-bond donors (Lipinski definition) is 0. The van der Waals surface area contributed by atoms with Gasteiger partial charge in [-0.25, -0.2) is 0 Å². The van der Waals surface area contributed by atoms with Crippen molar-refractivity contribution in [3.8, 4) is 0 Å². The smallest absolute Gasteiger partial charge is 0.293 e. The minimum absolute atomic E-state index is 0.116. The molecule has 2 amide bonds. The quantitative estimate of drug-likeness (QED) is 0.409. The molecule has 0 aromatic heterocycles. The summed E-state index contributed by atoms with van der Waals surface area (Å²) in [6, 6.07) is 12.1. The Kier molecular flexibility index (Phi) is 6.29. The Morgan fingerprint density at radius 1 is 1.19 bits per heavy atom. The fourth-order valence-electron chi connectivity index (χ4n) is 4.95. The maximum absolute atomic E-state index is 13.0. The Hall–Kier alpha value is -2.05. The van der Waals surface area contributed by atoms with Gasteiger partial charge >= 0.3 is 0 Å². The molecule has 1 fully saturated rings. The van der Waals surface area contributed by atoms with Crippen molar-refractivity contribution in [3.63, 3.8) is 0 Å². The average Bonchev–Trinajstić information content (AvgIpc) is 2.98. The van der Waals surface area contributed by atoms with Crippen LogP contribution in [-0.2, 0) is 11.3 Å². The lowest BCUT2D eigenvalue weighted by molar-refractivity contribution is -0.123. The number of carbonyl (C=O) groups is 2. The predicted molar refractivity (Wildman–Crippen MR) is 137 cm³/mol. The van der Waals surface area contributed by atoms with E-state index in [0.29, 0.717) is 10.8 Å². The molecule has 2 aromatic rings. The monoisotopic (exact) mass is 512 g/mol. The van der Waals surface area contributed by atoms with Crippen LogP contribution in [0.15, 0.2) is 45.8 Å². The molecule has 2 aliphatic heterocycles. The third-order valence-electron chi connectivity index (χ3n) is 6.50. The summed E-state index contributed by atoms with van der Waals surface area (Å²) in [5, 5.41) is -0.216. The summed E-state index contributed by atoms with van der Waals surface area (Å²) in [5.41, 5.74) is 5.78. The number of fused-ring (bicyclic) bond motifs is 1. The lowest BCUT2D eigenvalue weighted by Crippen LogP contribution is -2.48. The summed E-state index contributed by atoms with van der Waals surface area (Å²) in [4.78, 5) is 29.9. The molecular formula is C26H29BrN2O2S. The highest BCUT2D eigenvalue weighted by atomic mass is 79.9. The lowest BCUT2D eigenvalue weighted by Gasteiger charge is -2.47. The number of amides is 2. The van der Waals surface area contributed by atoms with Gasteiger partial charge in [0.1, 0.15) is 0 Å². The lowest BCUT2D eigenvalue weighted by atomic mass is 9.79. The fourth-order valence-corrected chi connectivity index (χ4v) is 6.05. The van der Waals surface area contributed by atoms with Crippen LogP contribution < -0.4 is 4.90 Å². The Balaban J connectivity index is 1.64. The van der Waals surface area contributed by atoms with Crippen molar-refractivity contribution in [2.45, 2.75) is 59.0 Å². The molecule has 32 heavy (non-hydrogen) atoms. The first kappa shape index (κ1) is 23.1. The number of imide groups is 1. The minimum Gasteiger partial charge on any atom is -0.366 e. The van der Waals surface area contributed by atoms with Gasteiger partial charge in [0.05, 0.1) is 11.4 Å². The molecular weight excluding hydrogens is 484 g/mol. The van der Waals surface area contributed by atoms with Gasteiger partial charge in [0.25, 0.3) is 11.1 Å². The zero-order chi connectivity index (χ0) is 23.2. The van der Waals surface area contributed by atoms with Crippen LogP contribution in [0.4, 0.5) is 10.5 Å². The third-order valence-corrected chi connectivity index (χ3v) is 7.94. The van der Waals surface area contributed by atoms with Crippen LogP contribution in [0.5, 0.6) is 0 Å². The molecule has 168 valence electrons. The topological polar surface area (TPSA) is 40.6 Å². The first-order valence-corrected chi connectivity index (χ1v) is 12.6. The summed E-state index contributed by atoms with van der Waals surface area (Å²) in [6.07, 6.45) is 2.98. The molecule has 1 saturated heterocycles. The van der Waals surface area contributed by atoms with Crippen molar-refractivity contribution in [2.75, 3.05) is 11.4 Å². The van der Waals surface area contributed by atoms with Gasteiger partial charge in [0, 0.05) is 22.2 Å². The average molecular weight is 514 g/mol. The number of carbonyl (C=O) groups excluding carboxylic acids is 2. The first-order valence-electron chi connectivity index (χ1n) is 11.0. The number of anilines is 1. The highest BCUT2D eigenvalue weighted by molar-refractivity contribution is 9.10. The fraction of sp³-hybridized carbons (Fsp3) is 0.385. The number of rotatable bonds is 4. The van der Waals surface area contributed by atoms with E-state index in [2.05, 4.69) is 67.6 Å². The summed E-state index contributed by atoms with van der Waals surface area (Å²) >= 11 is 4.45. The molecule has 4 nitrogen and oxygen atoms in total. The van der Waals surface area contributed by atoms with Gasteiger partial charge in [-0.15, -0.1) is 0 Å². The second-order valence-electron chi connectivity index (χ2n) is 9.32. The molecule has 6 heteroatoms. The molecule has 1 unspecified atom stereocenters. The van der Waals surface area contributed by atoms with E-state index in [1.165, 1.54) is 16.2 Å². The van der Waals surface area contributed by atoms with Gasteiger partial charge in [-0.1, -0.05) is 35.0 Å². The second-order valence-corrected chi connectivity index (χ2v) is 11.2. The van der Waals surface area contributed by atoms with E-state index in [-0.39, 0.29) is 23.2 Å². The molecule has 4 rings (SSSR count). The number of benzene rings is 2. The Labute approximate surface area is 203 Å². The molecule has 2 aliphatic rings. The summed E-state index contributed by atoms with van der Waals surface area (Å²) in [6.45, 7) is 12.4.